The van der Waals surface area contributed by atoms with E-state index in [1.807, 2.05) is 0 Å². The maximum atomic E-state index is 2.40. The summed E-state index contributed by atoms with van der Waals surface area (Å²) in [6.07, 6.45) is 46.3. The fourth-order valence-corrected chi connectivity index (χ4v) is 7.70. The SMILES string of the molecule is CCCCCCCCCCCCCCCCCC[N+](CCCCCCCCCC)(CCCCCCCCCC)Cc1ccccc1. The zero-order valence-electron chi connectivity index (χ0n) is 32.3. The van der Waals surface area contributed by atoms with Gasteiger partial charge in [0.05, 0.1) is 19.6 Å². The van der Waals surface area contributed by atoms with E-state index in [9.17, 15) is 0 Å². The van der Waals surface area contributed by atoms with Crippen molar-refractivity contribution in [2.24, 2.45) is 0 Å². The van der Waals surface area contributed by atoms with E-state index in [0.29, 0.717) is 0 Å². The van der Waals surface area contributed by atoms with Crippen LogP contribution in [-0.4, -0.2) is 24.1 Å². The Balaban J connectivity index is 2.45. The molecule has 0 atom stereocenters. The Morgan fingerprint density at radius 1 is 0.304 bits per heavy atom. The number of quaternary nitrogens is 1. The smallest absolute Gasteiger partial charge is 0.104 e. The first-order valence-corrected chi connectivity index (χ1v) is 21.7. The van der Waals surface area contributed by atoms with Gasteiger partial charge in [0.2, 0.25) is 0 Å². The minimum absolute atomic E-state index is 1.26. The topological polar surface area (TPSA) is 0 Å². The quantitative estimate of drug-likeness (QED) is 0.0501. The standard InChI is InChI=1S/C45H86N/c1-4-7-10-13-16-19-20-21-22-23-24-25-26-29-32-38-43-46(44-45-39-34-33-35-40-45,41-36-30-27-17-14-11-8-5-2)42-37-31-28-18-15-12-9-6-3/h33-35,39-40H,4-32,36-38,41-44H2,1-3H3/q+1. The third-order valence-corrected chi connectivity index (χ3v) is 10.8. The Labute approximate surface area is 292 Å². The molecule has 1 aromatic carbocycles. The molecule has 0 radical (unpaired) electrons. The molecular formula is C45H86N+. The van der Waals surface area contributed by atoms with E-state index in [1.54, 1.807) is 5.56 Å². The van der Waals surface area contributed by atoms with Crippen LogP contribution in [0.5, 0.6) is 0 Å². The van der Waals surface area contributed by atoms with Crippen LogP contribution in [0.4, 0.5) is 0 Å². The van der Waals surface area contributed by atoms with E-state index in [0.717, 1.165) is 0 Å². The largest absolute Gasteiger partial charge is 0.320 e. The molecular weight excluding hydrogens is 555 g/mol. The van der Waals surface area contributed by atoms with Crippen molar-refractivity contribution >= 4 is 0 Å². The lowest BCUT2D eigenvalue weighted by Gasteiger charge is -2.39. The van der Waals surface area contributed by atoms with Gasteiger partial charge >= 0.3 is 0 Å². The summed E-state index contributed by atoms with van der Waals surface area (Å²) in [4.78, 5) is 0. The maximum absolute atomic E-state index is 2.40. The molecule has 1 nitrogen and oxygen atoms in total. The summed E-state index contributed by atoms with van der Waals surface area (Å²) in [6.45, 7) is 12.4. The lowest BCUT2D eigenvalue weighted by Crippen LogP contribution is -2.49. The summed E-state index contributed by atoms with van der Waals surface area (Å²) in [5, 5.41) is 0. The van der Waals surface area contributed by atoms with Crippen molar-refractivity contribution < 1.29 is 4.48 Å². The predicted molar refractivity (Wildman–Crippen MR) is 210 cm³/mol. The second kappa shape index (κ2) is 34.1. The molecule has 0 heterocycles. The lowest BCUT2D eigenvalue weighted by molar-refractivity contribution is -0.941. The summed E-state index contributed by atoms with van der Waals surface area (Å²) in [5.74, 6) is 0. The van der Waals surface area contributed by atoms with Crippen molar-refractivity contribution in [1.82, 2.24) is 0 Å². The molecule has 0 N–H and O–H groups in total. The van der Waals surface area contributed by atoms with Crippen molar-refractivity contribution in [3.05, 3.63) is 35.9 Å². The van der Waals surface area contributed by atoms with Gasteiger partial charge in [-0.15, -0.1) is 0 Å². The van der Waals surface area contributed by atoms with E-state index in [1.165, 1.54) is 236 Å². The van der Waals surface area contributed by atoms with E-state index in [2.05, 4.69) is 51.1 Å². The molecule has 0 bridgehead atoms. The van der Waals surface area contributed by atoms with Crippen molar-refractivity contribution in [3.8, 4) is 0 Å². The predicted octanol–water partition coefficient (Wildman–Crippen LogP) is 15.5. The first kappa shape index (κ1) is 43.2. The molecule has 0 saturated heterocycles. The summed E-state index contributed by atoms with van der Waals surface area (Å²) in [5.41, 5.74) is 1.57. The zero-order valence-corrected chi connectivity index (χ0v) is 32.3. The van der Waals surface area contributed by atoms with Gasteiger partial charge in [0.15, 0.2) is 0 Å². The fourth-order valence-electron chi connectivity index (χ4n) is 7.70. The monoisotopic (exact) mass is 641 g/mol. The lowest BCUT2D eigenvalue weighted by atomic mass is 10.0. The Kier molecular flexibility index (Phi) is 32.0. The minimum atomic E-state index is 1.26. The molecule has 0 unspecified atom stereocenters. The van der Waals surface area contributed by atoms with E-state index < -0.39 is 0 Å². The molecule has 270 valence electrons. The molecule has 0 amide bonds. The van der Waals surface area contributed by atoms with Crippen molar-refractivity contribution in [2.75, 3.05) is 19.6 Å². The van der Waals surface area contributed by atoms with Crippen LogP contribution in [0.1, 0.15) is 232 Å². The van der Waals surface area contributed by atoms with Crippen LogP contribution in [0.25, 0.3) is 0 Å². The molecule has 46 heavy (non-hydrogen) atoms. The zero-order chi connectivity index (χ0) is 33.1. The molecule has 1 aromatic rings. The Hall–Kier alpha value is -0.820. The molecule has 0 aliphatic carbocycles. The van der Waals surface area contributed by atoms with Gasteiger partial charge in [-0.25, -0.2) is 0 Å². The van der Waals surface area contributed by atoms with Crippen LogP contribution in [0.2, 0.25) is 0 Å². The van der Waals surface area contributed by atoms with Crippen LogP contribution in [-0.2, 0) is 6.54 Å². The van der Waals surface area contributed by atoms with Gasteiger partial charge in [0.1, 0.15) is 6.54 Å². The van der Waals surface area contributed by atoms with Gasteiger partial charge in [-0.05, 0) is 38.5 Å². The van der Waals surface area contributed by atoms with E-state index in [-0.39, 0.29) is 0 Å². The number of hydrogen-bond donors (Lipinski definition) is 0. The highest BCUT2D eigenvalue weighted by molar-refractivity contribution is 5.13. The first-order valence-electron chi connectivity index (χ1n) is 21.7. The van der Waals surface area contributed by atoms with Crippen molar-refractivity contribution in [1.29, 1.82) is 0 Å². The highest BCUT2D eigenvalue weighted by Crippen LogP contribution is 2.23. The van der Waals surface area contributed by atoms with E-state index >= 15 is 0 Å². The third kappa shape index (κ3) is 27.2. The van der Waals surface area contributed by atoms with Gasteiger partial charge in [0.25, 0.3) is 0 Å². The van der Waals surface area contributed by atoms with Gasteiger partial charge < -0.3 is 4.48 Å². The van der Waals surface area contributed by atoms with Gasteiger partial charge in [-0.1, -0.05) is 218 Å². The normalized spacial score (nSPS) is 11.9. The molecule has 0 aromatic heterocycles. The molecule has 1 rings (SSSR count). The van der Waals surface area contributed by atoms with Crippen LogP contribution in [0, 0.1) is 0 Å². The average molecular weight is 641 g/mol. The second-order valence-electron chi connectivity index (χ2n) is 15.4. The fraction of sp³-hybridized carbons (Fsp3) is 0.867. The molecule has 0 fully saturated rings. The number of nitrogens with zero attached hydrogens (tertiary/aromatic N) is 1. The van der Waals surface area contributed by atoms with Crippen molar-refractivity contribution in [3.63, 3.8) is 0 Å². The summed E-state index contributed by atoms with van der Waals surface area (Å²) < 4.78 is 1.36. The van der Waals surface area contributed by atoms with Crippen LogP contribution in [0.3, 0.4) is 0 Å². The number of benzene rings is 1. The molecule has 0 aliphatic heterocycles. The molecule has 0 saturated carbocycles. The minimum Gasteiger partial charge on any atom is -0.320 e. The highest BCUT2D eigenvalue weighted by atomic mass is 15.3. The Morgan fingerprint density at radius 3 is 0.804 bits per heavy atom. The van der Waals surface area contributed by atoms with Crippen LogP contribution >= 0.6 is 0 Å². The summed E-state index contributed by atoms with van der Waals surface area (Å²) >= 11 is 0. The number of unbranched alkanes of at least 4 members (excludes halogenated alkanes) is 29. The molecule has 1 heteroatoms. The third-order valence-electron chi connectivity index (χ3n) is 10.8. The maximum Gasteiger partial charge on any atom is 0.104 e. The molecule has 0 spiro atoms. The number of rotatable bonds is 37. The Morgan fingerprint density at radius 2 is 0.543 bits per heavy atom. The average Bonchev–Trinajstić information content (AvgIpc) is 3.07. The first-order chi connectivity index (χ1) is 22.8. The molecule has 0 aliphatic rings. The summed E-state index contributed by atoms with van der Waals surface area (Å²) in [6, 6.07) is 11.5. The highest BCUT2D eigenvalue weighted by Gasteiger charge is 2.26. The van der Waals surface area contributed by atoms with Gasteiger partial charge in [-0.2, -0.15) is 0 Å². The second-order valence-corrected chi connectivity index (χ2v) is 15.4. The van der Waals surface area contributed by atoms with Gasteiger partial charge in [-0.3, -0.25) is 0 Å². The van der Waals surface area contributed by atoms with E-state index in [4.69, 9.17) is 0 Å². The Bertz CT molecular complexity index is 676. The summed E-state index contributed by atoms with van der Waals surface area (Å²) in [7, 11) is 0. The van der Waals surface area contributed by atoms with Crippen LogP contribution < -0.4 is 0 Å². The van der Waals surface area contributed by atoms with Crippen LogP contribution in [0.15, 0.2) is 30.3 Å². The van der Waals surface area contributed by atoms with Crippen molar-refractivity contribution in [2.45, 2.75) is 233 Å². The number of hydrogen-bond acceptors (Lipinski definition) is 0. The van der Waals surface area contributed by atoms with Gasteiger partial charge in [0, 0.05) is 5.56 Å².